The van der Waals surface area contributed by atoms with Crippen molar-refractivity contribution in [3.63, 3.8) is 0 Å². The van der Waals surface area contributed by atoms with Crippen molar-refractivity contribution in [1.29, 1.82) is 0 Å². The van der Waals surface area contributed by atoms with Gasteiger partial charge in [0.05, 0.1) is 0 Å². The van der Waals surface area contributed by atoms with Crippen LogP contribution in [0.15, 0.2) is 12.2 Å². The molecule has 0 amide bonds. The molecule has 17 heavy (non-hydrogen) atoms. The highest BCUT2D eigenvalue weighted by Crippen LogP contribution is 2.61. The van der Waals surface area contributed by atoms with Gasteiger partial charge in [-0.25, -0.2) is 0 Å². The lowest BCUT2D eigenvalue weighted by molar-refractivity contribution is -0.106. The van der Waals surface area contributed by atoms with Gasteiger partial charge in [0, 0.05) is 30.6 Å². The summed E-state index contributed by atoms with van der Waals surface area (Å²) in [7, 11) is 0. The summed E-state index contributed by atoms with van der Waals surface area (Å²) in [6.45, 7) is 3.91. The van der Waals surface area contributed by atoms with Crippen LogP contribution in [0.4, 0.5) is 0 Å². The van der Waals surface area contributed by atoms with Crippen LogP contribution in [-0.2, 0) is 16.2 Å². The molecule has 0 aromatic rings. The molecule has 94 valence electrons. The molecule has 4 bridgehead atoms. The summed E-state index contributed by atoms with van der Waals surface area (Å²) >= 11 is -1.22. The molecule has 2 N–H and O–H groups in total. The summed E-state index contributed by atoms with van der Waals surface area (Å²) in [5.74, 6) is 1.99. The lowest BCUT2D eigenvalue weighted by Crippen LogP contribution is -2.60. The number of nitrogens with two attached hydrogens (primary N) is 1. The predicted octanol–water partition coefficient (Wildman–Crippen LogP) is 1.56. The van der Waals surface area contributed by atoms with Crippen molar-refractivity contribution in [1.82, 2.24) is 0 Å². The molecule has 0 saturated heterocycles. The Bertz CT molecular complexity index is 352. The minimum Gasteiger partial charge on any atom is -0.598 e. The second-order valence-corrected chi connectivity index (χ2v) is 7.63. The molecule has 3 nitrogen and oxygen atoms in total. The summed E-state index contributed by atoms with van der Waals surface area (Å²) < 4.78 is 11.7. The van der Waals surface area contributed by atoms with Crippen molar-refractivity contribution in [3.8, 4) is 0 Å². The number of carbonyl (C=O) groups excluding carboxylic acids is 1. The third-order valence-corrected chi connectivity index (χ3v) is 6.58. The maximum absolute atomic E-state index is 11.8. The van der Waals surface area contributed by atoms with Crippen LogP contribution in [0.25, 0.3) is 0 Å². The molecule has 4 heteroatoms. The SMILES string of the molecule is C=C(C=O)C1[C@H]2CC3C[C@H]1CC([S+](N)[O-])(C3)C2. The quantitative estimate of drug-likeness (QED) is 0.471. The standard InChI is InChI=1S/C13H19NO2S/c1-8(7-15)12-10-2-9-3-11(12)6-13(4-9,5-10)17(14)16/h7,9-12H,1-6,14H2/t9?,10-,11-,12?,13?,17?/m0/s1. The minimum atomic E-state index is -1.22. The fourth-order valence-corrected chi connectivity index (χ4v) is 6.04. The van der Waals surface area contributed by atoms with Gasteiger partial charge in [-0.1, -0.05) is 6.58 Å². The first-order chi connectivity index (χ1) is 8.05. The van der Waals surface area contributed by atoms with Gasteiger partial charge in [0.1, 0.15) is 11.0 Å². The molecule has 0 spiro atoms. The van der Waals surface area contributed by atoms with Crippen LogP contribution in [0, 0.1) is 23.7 Å². The minimum absolute atomic E-state index is 0.143. The van der Waals surface area contributed by atoms with Crippen LogP contribution in [-0.4, -0.2) is 15.6 Å². The van der Waals surface area contributed by atoms with E-state index >= 15 is 0 Å². The Morgan fingerprint density at radius 1 is 1.35 bits per heavy atom. The van der Waals surface area contributed by atoms with E-state index in [9.17, 15) is 9.35 Å². The zero-order chi connectivity index (χ0) is 12.2. The highest BCUT2D eigenvalue weighted by molar-refractivity contribution is 7.90. The molecule has 4 saturated carbocycles. The van der Waals surface area contributed by atoms with Crippen molar-refractivity contribution < 1.29 is 9.35 Å². The Balaban J connectivity index is 1.90. The van der Waals surface area contributed by atoms with Gasteiger partial charge in [0.2, 0.25) is 0 Å². The van der Waals surface area contributed by atoms with Gasteiger partial charge in [-0.3, -0.25) is 4.79 Å². The molecule has 4 aliphatic carbocycles. The molecule has 3 atom stereocenters. The maximum atomic E-state index is 11.8. The number of aldehydes is 1. The van der Waals surface area contributed by atoms with E-state index in [0.717, 1.165) is 31.1 Å². The molecule has 4 fully saturated rings. The Labute approximate surface area is 105 Å². The molecule has 0 aliphatic heterocycles. The van der Waals surface area contributed by atoms with Gasteiger partial charge in [0.25, 0.3) is 0 Å². The van der Waals surface area contributed by atoms with E-state index in [2.05, 4.69) is 6.58 Å². The fraction of sp³-hybridized carbons (Fsp3) is 0.769. The molecular weight excluding hydrogens is 234 g/mol. The maximum Gasteiger partial charge on any atom is 0.145 e. The third-order valence-electron chi connectivity index (χ3n) is 5.22. The predicted molar refractivity (Wildman–Crippen MR) is 67.3 cm³/mol. The van der Waals surface area contributed by atoms with E-state index in [-0.39, 0.29) is 4.75 Å². The summed E-state index contributed by atoms with van der Waals surface area (Å²) in [5, 5.41) is 5.73. The van der Waals surface area contributed by atoms with E-state index < -0.39 is 11.4 Å². The largest absolute Gasteiger partial charge is 0.598 e. The lowest BCUT2D eigenvalue weighted by Gasteiger charge is -2.58. The Hall–Kier alpha value is -0.320. The number of hydrogen-bond donors (Lipinski definition) is 1. The number of carbonyl (C=O) groups is 1. The Kier molecular flexibility index (Phi) is 2.65. The van der Waals surface area contributed by atoms with Crippen molar-refractivity contribution in [2.45, 2.75) is 36.9 Å². The zero-order valence-corrected chi connectivity index (χ0v) is 10.7. The number of rotatable bonds is 3. The molecule has 1 unspecified atom stereocenters. The van der Waals surface area contributed by atoms with Crippen molar-refractivity contribution >= 4 is 17.6 Å². The van der Waals surface area contributed by atoms with Gasteiger partial charge >= 0.3 is 0 Å². The normalized spacial score (nSPS) is 49.1. The Morgan fingerprint density at radius 2 is 1.94 bits per heavy atom. The van der Waals surface area contributed by atoms with E-state index in [1.54, 1.807) is 0 Å². The highest BCUT2D eigenvalue weighted by atomic mass is 32.2. The molecule has 4 rings (SSSR count). The molecule has 0 heterocycles. The topological polar surface area (TPSA) is 66.2 Å². The first kappa shape index (κ1) is 11.8. The molecule has 4 aliphatic rings. The van der Waals surface area contributed by atoms with E-state index in [0.29, 0.717) is 23.7 Å². The first-order valence-electron chi connectivity index (χ1n) is 6.36. The molecular formula is C13H19NO2S. The van der Waals surface area contributed by atoms with Gasteiger partial charge in [-0.15, -0.1) is 0 Å². The van der Waals surface area contributed by atoms with Gasteiger partial charge < -0.3 is 4.55 Å². The monoisotopic (exact) mass is 253 g/mol. The summed E-state index contributed by atoms with van der Waals surface area (Å²) in [5.41, 5.74) is 0.747. The highest BCUT2D eigenvalue weighted by Gasteiger charge is 2.60. The lowest BCUT2D eigenvalue weighted by atomic mass is 9.50. The van der Waals surface area contributed by atoms with Crippen LogP contribution in [0.5, 0.6) is 0 Å². The second kappa shape index (κ2) is 3.84. The number of hydrogen-bond acceptors (Lipinski definition) is 3. The van der Waals surface area contributed by atoms with E-state index in [1.807, 2.05) is 0 Å². The summed E-state index contributed by atoms with van der Waals surface area (Å²) in [4.78, 5) is 11.0. The smallest absolute Gasteiger partial charge is 0.145 e. The third kappa shape index (κ3) is 1.61. The van der Waals surface area contributed by atoms with Gasteiger partial charge in [-0.2, -0.15) is 5.14 Å². The fourth-order valence-electron chi connectivity index (χ4n) is 4.88. The van der Waals surface area contributed by atoms with Gasteiger partial charge in [0.15, 0.2) is 0 Å². The van der Waals surface area contributed by atoms with Crippen LogP contribution in [0.2, 0.25) is 0 Å². The zero-order valence-electron chi connectivity index (χ0n) is 9.93. The molecule has 0 aromatic carbocycles. The second-order valence-electron chi connectivity index (χ2n) is 6.17. The van der Waals surface area contributed by atoms with Crippen molar-refractivity contribution in [3.05, 3.63) is 12.2 Å². The van der Waals surface area contributed by atoms with Crippen LogP contribution >= 0.6 is 0 Å². The van der Waals surface area contributed by atoms with Gasteiger partial charge in [-0.05, 0) is 42.1 Å². The first-order valence-corrected chi connectivity index (χ1v) is 7.57. The summed E-state index contributed by atoms with van der Waals surface area (Å²) in [6.07, 6.45) is 6.16. The Morgan fingerprint density at radius 3 is 2.41 bits per heavy atom. The molecule has 0 aromatic heterocycles. The molecule has 0 radical (unpaired) electrons. The average Bonchev–Trinajstić information content (AvgIpc) is 2.27. The van der Waals surface area contributed by atoms with E-state index in [1.165, 1.54) is 12.8 Å². The van der Waals surface area contributed by atoms with Crippen molar-refractivity contribution in [2.24, 2.45) is 28.8 Å². The van der Waals surface area contributed by atoms with Crippen molar-refractivity contribution in [2.75, 3.05) is 0 Å². The average molecular weight is 253 g/mol. The van der Waals surface area contributed by atoms with E-state index in [4.69, 9.17) is 5.14 Å². The summed E-state index contributed by atoms with van der Waals surface area (Å²) in [6, 6.07) is 0. The number of allylic oxidation sites excluding steroid dienone is 1. The van der Waals surface area contributed by atoms with Crippen LogP contribution in [0.3, 0.4) is 0 Å². The van der Waals surface area contributed by atoms with Crippen LogP contribution < -0.4 is 5.14 Å². The van der Waals surface area contributed by atoms with Crippen LogP contribution in [0.1, 0.15) is 32.1 Å².